The van der Waals surface area contributed by atoms with Gasteiger partial charge < -0.3 is 9.15 Å². The van der Waals surface area contributed by atoms with Crippen LogP contribution in [0.2, 0.25) is 0 Å². The number of carbonyl (C=O) groups excluding carboxylic acids is 1. The van der Waals surface area contributed by atoms with Crippen LogP contribution >= 0.6 is 11.6 Å². The lowest BCUT2D eigenvalue weighted by atomic mass is 10.5. The maximum atomic E-state index is 10.8. The molecule has 0 saturated carbocycles. The monoisotopic (exact) mass is 187 g/mol. The van der Waals surface area contributed by atoms with Gasteiger partial charge in [-0.3, -0.25) is 0 Å². The Bertz CT molecular complexity index is 305. The van der Waals surface area contributed by atoms with Gasteiger partial charge >= 0.3 is 5.97 Å². The number of nitrogens with zero attached hydrogens (tertiary/aromatic N) is 1. The van der Waals surface area contributed by atoms with Gasteiger partial charge in [-0.15, -0.1) is 0 Å². The third kappa shape index (κ3) is 1.85. The fourth-order valence-corrected chi connectivity index (χ4v) is 0.724. The second kappa shape index (κ2) is 3.92. The van der Waals surface area contributed by atoms with Gasteiger partial charge in [0.2, 0.25) is 5.89 Å². The summed E-state index contributed by atoms with van der Waals surface area (Å²) in [6.45, 7) is 0. The molecule has 1 aromatic rings. The van der Waals surface area contributed by atoms with Crippen LogP contribution < -0.4 is 0 Å². The molecule has 0 atom stereocenters. The molecule has 12 heavy (non-hydrogen) atoms. The smallest absolute Gasteiger partial charge is 0.360 e. The lowest BCUT2D eigenvalue weighted by Crippen LogP contribution is -2.00. The fourth-order valence-electron chi connectivity index (χ4n) is 0.616. The molecule has 0 spiro atoms. The second-order valence-corrected chi connectivity index (χ2v) is 2.11. The normalized spacial score (nSPS) is 10.5. The molecule has 1 rings (SSSR count). The summed E-state index contributed by atoms with van der Waals surface area (Å²) in [5.74, 6) is -0.265. The first-order chi connectivity index (χ1) is 5.77. The molecule has 0 aromatic carbocycles. The topological polar surface area (TPSA) is 52.3 Å². The van der Waals surface area contributed by atoms with E-state index in [1.54, 1.807) is 0 Å². The van der Waals surface area contributed by atoms with Gasteiger partial charge in [0.1, 0.15) is 6.26 Å². The van der Waals surface area contributed by atoms with Gasteiger partial charge in [-0.25, -0.2) is 9.78 Å². The van der Waals surface area contributed by atoms with E-state index in [4.69, 9.17) is 16.0 Å². The molecule has 1 heterocycles. The summed E-state index contributed by atoms with van der Waals surface area (Å²) in [5, 5.41) is 0. The third-order valence-corrected chi connectivity index (χ3v) is 1.25. The van der Waals surface area contributed by atoms with E-state index in [2.05, 4.69) is 9.72 Å². The van der Waals surface area contributed by atoms with Crippen molar-refractivity contribution in [1.82, 2.24) is 4.98 Å². The van der Waals surface area contributed by atoms with Crippen molar-refractivity contribution in [3.8, 4) is 0 Å². The summed E-state index contributed by atoms with van der Waals surface area (Å²) >= 11 is 5.26. The quantitative estimate of drug-likeness (QED) is 0.661. The second-order valence-electron chi connectivity index (χ2n) is 1.86. The first-order valence-electron chi connectivity index (χ1n) is 3.08. The predicted molar refractivity (Wildman–Crippen MR) is 42.7 cm³/mol. The van der Waals surface area contributed by atoms with E-state index < -0.39 is 5.97 Å². The van der Waals surface area contributed by atoms with Crippen LogP contribution in [0, 0.1) is 0 Å². The molecule has 64 valence electrons. The molecule has 4 nitrogen and oxygen atoms in total. The zero-order valence-electron chi connectivity index (χ0n) is 6.28. The zero-order chi connectivity index (χ0) is 8.97. The van der Waals surface area contributed by atoms with Crippen molar-refractivity contribution in [2.75, 3.05) is 7.11 Å². The SMILES string of the molecule is COC(=O)c1coc(/C=C\Cl)n1. The fraction of sp³-hybridized carbons (Fsp3) is 0.143. The molecule has 0 aliphatic heterocycles. The Labute approximate surface area is 73.8 Å². The molecule has 0 bridgehead atoms. The number of aromatic nitrogens is 1. The predicted octanol–water partition coefficient (Wildman–Crippen LogP) is 1.67. The van der Waals surface area contributed by atoms with Crippen molar-refractivity contribution in [3.05, 3.63) is 23.4 Å². The molecule has 0 aliphatic carbocycles. The highest BCUT2D eigenvalue weighted by Crippen LogP contribution is 2.05. The van der Waals surface area contributed by atoms with E-state index in [1.165, 1.54) is 25.0 Å². The highest BCUT2D eigenvalue weighted by Gasteiger charge is 2.09. The lowest BCUT2D eigenvalue weighted by Gasteiger charge is -1.88. The largest absolute Gasteiger partial charge is 0.464 e. The number of oxazole rings is 1. The Morgan fingerprint density at radius 2 is 2.58 bits per heavy atom. The number of ether oxygens (including phenoxy) is 1. The molecule has 0 saturated heterocycles. The molecule has 0 unspecified atom stereocenters. The molecule has 0 fully saturated rings. The minimum atomic E-state index is -0.534. The molecular formula is C7H6ClNO3. The zero-order valence-corrected chi connectivity index (χ0v) is 7.04. The number of hydrogen-bond donors (Lipinski definition) is 0. The van der Waals surface area contributed by atoms with Crippen molar-refractivity contribution in [3.63, 3.8) is 0 Å². The Hall–Kier alpha value is -1.29. The maximum absolute atomic E-state index is 10.8. The van der Waals surface area contributed by atoms with E-state index in [0.717, 1.165) is 0 Å². The van der Waals surface area contributed by atoms with Crippen LogP contribution in [0.4, 0.5) is 0 Å². The van der Waals surface area contributed by atoms with Crippen molar-refractivity contribution in [2.45, 2.75) is 0 Å². The van der Waals surface area contributed by atoms with Crippen molar-refractivity contribution < 1.29 is 13.9 Å². The Morgan fingerprint density at radius 1 is 1.83 bits per heavy atom. The van der Waals surface area contributed by atoms with Gasteiger partial charge in [0.25, 0.3) is 0 Å². The van der Waals surface area contributed by atoms with E-state index in [0.29, 0.717) is 0 Å². The number of hydrogen-bond acceptors (Lipinski definition) is 4. The highest BCUT2D eigenvalue weighted by molar-refractivity contribution is 6.27. The Kier molecular flexibility index (Phi) is 2.88. The first-order valence-corrected chi connectivity index (χ1v) is 3.52. The van der Waals surface area contributed by atoms with Crippen LogP contribution in [-0.2, 0) is 4.74 Å². The summed E-state index contributed by atoms with van der Waals surface area (Å²) in [6, 6.07) is 0. The summed E-state index contributed by atoms with van der Waals surface area (Å²) in [5.41, 5.74) is 1.37. The number of esters is 1. The van der Waals surface area contributed by atoms with Gasteiger partial charge in [-0.2, -0.15) is 0 Å². The Morgan fingerprint density at radius 3 is 3.17 bits per heavy atom. The van der Waals surface area contributed by atoms with E-state index in [9.17, 15) is 4.79 Å². The van der Waals surface area contributed by atoms with Crippen molar-refractivity contribution >= 4 is 23.6 Å². The van der Waals surface area contributed by atoms with Gasteiger partial charge in [-0.05, 0) is 0 Å². The molecule has 0 radical (unpaired) electrons. The van der Waals surface area contributed by atoms with Crippen molar-refractivity contribution in [2.24, 2.45) is 0 Å². The van der Waals surface area contributed by atoms with Gasteiger partial charge in [0.05, 0.1) is 7.11 Å². The van der Waals surface area contributed by atoms with E-state index >= 15 is 0 Å². The van der Waals surface area contributed by atoms with Crippen LogP contribution in [-0.4, -0.2) is 18.1 Å². The molecule has 5 heteroatoms. The molecule has 0 aliphatic rings. The Balaban J connectivity index is 2.84. The minimum absolute atomic E-state index is 0.127. The molecule has 0 N–H and O–H groups in total. The summed E-state index contributed by atoms with van der Waals surface area (Å²) in [6.07, 6.45) is 2.63. The highest BCUT2D eigenvalue weighted by atomic mass is 35.5. The third-order valence-electron chi connectivity index (χ3n) is 1.12. The standard InChI is InChI=1S/C7H6ClNO3/c1-11-7(10)5-4-12-6(9-5)2-3-8/h2-4H,1H3/b3-2-. The van der Waals surface area contributed by atoms with Crippen LogP contribution in [0.1, 0.15) is 16.4 Å². The minimum Gasteiger partial charge on any atom is -0.464 e. The lowest BCUT2D eigenvalue weighted by molar-refractivity contribution is 0.0594. The van der Waals surface area contributed by atoms with E-state index in [1.807, 2.05) is 0 Å². The summed E-state index contributed by atoms with van der Waals surface area (Å²) in [7, 11) is 1.27. The molecular weight excluding hydrogens is 182 g/mol. The number of halogens is 1. The summed E-state index contributed by atoms with van der Waals surface area (Å²) < 4.78 is 9.25. The van der Waals surface area contributed by atoms with Gasteiger partial charge in [0, 0.05) is 11.6 Å². The number of methoxy groups -OCH3 is 1. The average molecular weight is 188 g/mol. The number of rotatable bonds is 2. The molecule has 0 amide bonds. The average Bonchev–Trinajstić information content (AvgIpc) is 2.52. The molecule has 1 aromatic heterocycles. The van der Waals surface area contributed by atoms with Crippen molar-refractivity contribution in [1.29, 1.82) is 0 Å². The number of carbonyl (C=O) groups is 1. The van der Waals surface area contributed by atoms with Gasteiger partial charge in [0.15, 0.2) is 5.69 Å². The maximum Gasteiger partial charge on any atom is 0.360 e. The van der Waals surface area contributed by atoms with Crippen LogP contribution in [0.3, 0.4) is 0 Å². The van der Waals surface area contributed by atoms with Crippen LogP contribution in [0.25, 0.3) is 6.08 Å². The van der Waals surface area contributed by atoms with Gasteiger partial charge in [-0.1, -0.05) is 11.6 Å². The van der Waals surface area contributed by atoms with E-state index in [-0.39, 0.29) is 11.6 Å². The summed E-state index contributed by atoms with van der Waals surface area (Å²) in [4.78, 5) is 14.6. The first kappa shape index (κ1) is 8.80. The van der Waals surface area contributed by atoms with Crippen LogP contribution in [0.5, 0.6) is 0 Å². The van der Waals surface area contributed by atoms with Crippen LogP contribution in [0.15, 0.2) is 16.2 Å².